The van der Waals surface area contributed by atoms with Crippen LogP contribution in [0.4, 0.5) is 18.9 Å². The van der Waals surface area contributed by atoms with Crippen molar-refractivity contribution < 1.29 is 23.0 Å². The minimum atomic E-state index is -4.79. The van der Waals surface area contributed by atoms with Gasteiger partial charge in [-0.25, -0.2) is 4.99 Å². The number of aliphatic hydroxyl groups is 1. The van der Waals surface area contributed by atoms with Gasteiger partial charge < -0.3 is 14.7 Å². The minimum absolute atomic E-state index is 0.00618. The molecule has 1 unspecified atom stereocenters. The molecule has 0 amide bonds. The van der Waals surface area contributed by atoms with Crippen LogP contribution in [0.2, 0.25) is 0 Å². The van der Waals surface area contributed by atoms with Gasteiger partial charge in [0.15, 0.2) is 5.60 Å². The summed E-state index contributed by atoms with van der Waals surface area (Å²) in [6, 6.07) is 3.08. The predicted molar refractivity (Wildman–Crippen MR) is 101 cm³/mol. The second kappa shape index (κ2) is 8.09. The molecule has 1 aromatic rings. The van der Waals surface area contributed by atoms with Gasteiger partial charge in [-0.15, -0.1) is 0 Å². The van der Waals surface area contributed by atoms with Gasteiger partial charge in [0.25, 0.3) is 0 Å². The third-order valence-electron chi connectivity index (χ3n) is 5.50. The largest absolute Gasteiger partial charge is 0.496 e. The van der Waals surface area contributed by atoms with Crippen LogP contribution < -0.4 is 4.74 Å². The highest BCUT2D eigenvalue weighted by atomic mass is 19.4. The number of nitrogens with zero attached hydrogens (tertiary/aromatic N) is 2. The first-order valence-corrected chi connectivity index (χ1v) is 9.26. The van der Waals surface area contributed by atoms with Gasteiger partial charge in [-0.2, -0.15) is 13.2 Å². The fraction of sp³-hybridized carbons (Fsp3) is 0.650. The molecule has 1 aliphatic rings. The first-order valence-electron chi connectivity index (χ1n) is 9.26. The van der Waals surface area contributed by atoms with E-state index in [1.165, 1.54) is 19.2 Å². The number of hydrogen-bond acceptors (Lipinski definition) is 3. The van der Waals surface area contributed by atoms with Crippen LogP contribution in [0.1, 0.15) is 50.7 Å². The Morgan fingerprint density at radius 3 is 2.33 bits per heavy atom. The second-order valence-corrected chi connectivity index (χ2v) is 7.59. The topological polar surface area (TPSA) is 45.1 Å². The first-order chi connectivity index (χ1) is 12.5. The summed E-state index contributed by atoms with van der Waals surface area (Å²) < 4.78 is 47.2. The second-order valence-electron chi connectivity index (χ2n) is 7.59. The zero-order chi connectivity index (χ0) is 20.4. The molecule has 1 atom stereocenters. The molecule has 1 saturated carbocycles. The number of aryl methyl sites for hydroxylation is 1. The Morgan fingerprint density at radius 1 is 1.26 bits per heavy atom. The molecule has 0 aromatic heterocycles. The van der Waals surface area contributed by atoms with Gasteiger partial charge in [-0.05, 0) is 45.2 Å². The quantitative estimate of drug-likeness (QED) is 0.556. The number of rotatable bonds is 6. The molecule has 27 heavy (non-hydrogen) atoms. The van der Waals surface area contributed by atoms with E-state index in [0.717, 1.165) is 0 Å². The van der Waals surface area contributed by atoms with Crippen LogP contribution in [-0.2, 0) is 5.60 Å². The summed E-state index contributed by atoms with van der Waals surface area (Å²) in [5.41, 5.74) is -2.08. The van der Waals surface area contributed by atoms with Crippen molar-refractivity contribution in [2.45, 2.75) is 64.3 Å². The van der Waals surface area contributed by atoms with Gasteiger partial charge in [0.05, 0.1) is 19.1 Å². The number of aliphatic imine (C=N–C) groups is 1. The Hall–Kier alpha value is -1.76. The Labute approximate surface area is 159 Å². The maximum absolute atomic E-state index is 14.0. The van der Waals surface area contributed by atoms with Gasteiger partial charge in [0.1, 0.15) is 5.75 Å². The van der Waals surface area contributed by atoms with E-state index in [0.29, 0.717) is 36.9 Å². The van der Waals surface area contributed by atoms with E-state index < -0.39 is 17.7 Å². The molecular weight excluding hydrogens is 357 g/mol. The molecular formula is C20H29F3N2O2. The molecule has 0 saturated heterocycles. The van der Waals surface area contributed by atoms with Crippen LogP contribution in [0.25, 0.3) is 0 Å². The predicted octanol–water partition coefficient (Wildman–Crippen LogP) is 4.94. The molecule has 0 aliphatic heterocycles. The Kier molecular flexibility index (Phi) is 6.45. The van der Waals surface area contributed by atoms with Crippen LogP contribution in [-0.4, -0.2) is 42.7 Å². The molecule has 1 N–H and O–H groups in total. The van der Waals surface area contributed by atoms with Crippen LogP contribution in [0.5, 0.6) is 5.75 Å². The molecule has 0 heterocycles. The average Bonchev–Trinajstić information content (AvgIpc) is 3.13. The smallest absolute Gasteiger partial charge is 0.421 e. The van der Waals surface area contributed by atoms with E-state index in [9.17, 15) is 18.3 Å². The molecule has 4 nitrogen and oxygen atoms in total. The minimum Gasteiger partial charge on any atom is -0.496 e. The number of benzene rings is 1. The van der Waals surface area contributed by atoms with E-state index >= 15 is 0 Å². The lowest BCUT2D eigenvalue weighted by Crippen LogP contribution is -2.48. The number of methoxy groups -OCH3 is 1. The monoisotopic (exact) mass is 386 g/mol. The summed E-state index contributed by atoms with van der Waals surface area (Å²) in [5, 5.41) is 10.9. The van der Waals surface area contributed by atoms with Crippen LogP contribution in [0.3, 0.4) is 0 Å². The highest BCUT2D eigenvalue weighted by molar-refractivity contribution is 5.65. The molecule has 1 aromatic carbocycles. The van der Waals surface area contributed by atoms with Crippen LogP contribution in [0.15, 0.2) is 17.1 Å². The fourth-order valence-electron chi connectivity index (χ4n) is 3.52. The summed E-state index contributed by atoms with van der Waals surface area (Å²) in [4.78, 5) is 6.27. The molecule has 2 rings (SSSR count). The fourth-order valence-corrected chi connectivity index (χ4v) is 3.52. The summed E-state index contributed by atoms with van der Waals surface area (Å²) >= 11 is 0. The summed E-state index contributed by atoms with van der Waals surface area (Å²) in [6.07, 6.45) is -1.08. The number of alkyl halides is 3. The van der Waals surface area contributed by atoms with E-state index in [1.54, 1.807) is 13.3 Å². The molecule has 1 fully saturated rings. The number of halogens is 3. The van der Waals surface area contributed by atoms with E-state index in [-0.39, 0.29) is 17.4 Å². The molecule has 0 spiro atoms. The molecule has 1 aliphatic carbocycles. The number of hydrogen-bond donors (Lipinski definition) is 1. The lowest BCUT2D eigenvalue weighted by Gasteiger charge is -2.37. The lowest BCUT2D eigenvalue weighted by atomic mass is 9.78. The summed E-state index contributed by atoms with van der Waals surface area (Å²) in [5.74, 6) is -0.862. The Bertz CT molecular complexity index is 683. The zero-order valence-electron chi connectivity index (χ0n) is 16.6. The highest BCUT2D eigenvalue weighted by Crippen LogP contribution is 2.53. The van der Waals surface area contributed by atoms with Crippen LogP contribution in [0, 0.1) is 12.8 Å². The van der Waals surface area contributed by atoms with E-state index in [2.05, 4.69) is 4.99 Å². The van der Waals surface area contributed by atoms with Crippen molar-refractivity contribution in [3.63, 3.8) is 0 Å². The lowest BCUT2D eigenvalue weighted by molar-refractivity contribution is -0.286. The third-order valence-corrected chi connectivity index (χ3v) is 5.50. The first kappa shape index (κ1) is 21.5. The SMILES string of the molecule is COc1cc(/N=C/N(C)C(C)C)c(C)cc1C(O)(C1CCCC1)C(F)(F)F. The van der Waals surface area contributed by atoms with Crippen molar-refractivity contribution in [1.29, 1.82) is 0 Å². The summed E-state index contributed by atoms with van der Waals surface area (Å²) in [7, 11) is 3.19. The van der Waals surface area contributed by atoms with Gasteiger partial charge in [-0.3, -0.25) is 0 Å². The normalized spacial score (nSPS) is 18.3. The number of ether oxygens (including phenoxy) is 1. The van der Waals surface area contributed by atoms with Gasteiger partial charge >= 0.3 is 6.18 Å². The third kappa shape index (κ3) is 4.23. The van der Waals surface area contributed by atoms with Crippen molar-refractivity contribution in [2.24, 2.45) is 10.9 Å². The van der Waals surface area contributed by atoms with Crippen LogP contribution >= 0.6 is 0 Å². The maximum Gasteiger partial charge on any atom is 0.421 e. The summed E-state index contributed by atoms with van der Waals surface area (Å²) in [6.45, 7) is 5.71. The molecule has 7 heteroatoms. The zero-order valence-corrected chi connectivity index (χ0v) is 16.6. The van der Waals surface area contributed by atoms with Crippen molar-refractivity contribution in [3.8, 4) is 5.75 Å². The van der Waals surface area contributed by atoms with E-state index in [4.69, 9.17) is 4.74 Å². The standard InChI is InChI=1S/C20H29F3N2O2/c1-13(2)25(4)12-24-17-11-18(27-5)16(10-14(17)3)19(26,20(21,22)23)15-8-6-7-9-15/h10-13,15,26H,6-9H2,1-5H3/b24-12+. The Morgan fingerprint density at radius 2 is 1.85 bits per heavy atom. The van der Waals surface area contributed by atoms with E-state index in [1.807, 2.05) is 25.8 Å². The van der Waals surface area contributed by atoms with Gasteiger partial charge in [0, 0.05) is 30.6 Å². The van der Waals surface area contributed by atoms with Gasteiger partial charge in [-0.1, -0.05) is 12.8 Å². The molecule has 0 bridgehead atoms. The Balaban J connectivity index is 2.54. The van der Waals surface area contributed by atoms with Crippen molar-refractivity contribution in [3.05, 3.63) is 23.3 Å². The van der Waals surface area contributed by atoms with Gasteiger partial charge in [0.2, 0.25) is 0 Å². The highest BCUT2D eigenvalue weighted by Gasteiger charge is 2.61. The molecule has 0 radical (unpaired) electrons. The van der Waals surface area contributed by atoms with Crippen molar-refractivity contribution >= 4 is 12.0 Å². The average molecular weight is 386 g/mol. The van der Waals surface area contributed by atoms with Crippen molar-refractivity contribution in [2.75, 3.05) is 14.2 Å². The molecule has 152 valence electrons. The van der Waals surface area contributed by atoms with Crippen molar-refractivity contribution in [1.82, 2.24) is 4.90 Å². The maximum atomic E-state index is 14.0.